The second-order valence-corrected chi connectivity index (χ2v) is 5.39. The molecule has 1 nitrogen and oxygen atoms in total. The van der Waals surface area contributed by atoms with Crippen LogP contribution in [0.4, 0.5) is 4.39 Å². The zero-order valence-electron chi connectivity index (χ0n) is 11.3. The molecule has 0 bridgehead atoms. The highest BCUT2D eigenvalue weighted by Crippen LogP contribution is 2.27. The van der Waals surface area contributed by atoms with Crippen LogP contribution in [0.3, 0.4) is 0 Å². The molecule has 0 radical (unpaired) electrons. The van der Waals surface area contributed by atoms with Gasteiger partial charge in [-0.05, 0) is 48.7 Å². The fourth-order valence-electron chi connectivity index (χ4n) is 2.15. The molecule has 0 heterocycles. The summed E-state index contributed by atoms with van der Waals surface area (Å²) in [7, 11) is 0. The van der Waals surface area contributed by atoms with Crippen molar-refractivity contribution in [2.45, 2.75) is 26.3 Å². The van der Waals surface area contributed by atoms with Crippen LogP contribution in [0.2, 0.25) is 5.02 Å². The molecule has 0 amide bonds. The molecule has 2 aromatic rings. The molecule has 0 spiro atoms. The van der Waals surface area contributed by atoms with Crippen LogP contribution in [0.25, 0.3) is 0 Å². The lowest BCUT2D eigenvalue weighted by Gasteiger charge is -2.14. The zero-order chi connectivity index (χ0) is 14.7. The van der Waals surface area contributed by atoms with E-state index in [1.165, 1.54) is 18.2 Å². The minimum Gasteiger partial charge on any atom is -0.488 e. The predicted octanol–water partition coefficient (Wildman–Crippen LogP) is 5.41. The fourth-order valence-corrected chi connectivity index (χ4v) is 2.48. The Labute approximate surface area is 128 Å². The van der Waals surface area contributed by atoms with Crippen LogP contribution in [0.15, 0.2) is 30.3 Å². The number of hydrogen-bond donors (Lipinski definition) is 0. The first-order chi connectivity index (χ1) is 9.51. The Morgan fingerprint density at radius 1 is 1.10 bits per heavy atom. The van der Waals surface area contributed by atoms with Gasteiger partial charge in [-0.15, -0.1) is 11.6 Å². The van der Waals surface area contributed by atoms with E-state index in [2.05, 4.69) is 0 Å². The molecule has 2 rings (SSSR count). The summed E-state index contributed by atoms with van der Waals surface area (Å²) in [5, 5.41) is 0.499. The van der Waals surface area contributed by atoms with Crippen molar-refractivity contribution in [2.75, 3.05) is 0 Å². The van der Waals surface area contributed by atoms with Gasteiger partial charge in [-0.2, -0.15) is 0 Å². The second-order valence-electron chi connectivity index (χ2n) is 4.72. The van der Waals surface area contributed by atoms with Gasteiger partial charge in [0.05, 0.1) is 0 Å². The topological polar surface area (TPSA) is 9.23 Å². The maximum absolute atomic E-state index is 13.2. The largest absolute Gasteiger partial charge is 0.488 e. The lowest BCUT2D eigenvalue weighted by molar-refractivity contribution is 0.301. The minimum absolute atomic E-state index is 0.235. The molecule has 0 saturated carbocycles. The smallest absolute Gasteiger partial charge is 0.125 e. The van der Waals surface area contributed by atoms with Gasteiger partial charge in [0.25, 0.3) is 0 Å². The summed E-state index contributed by atoms with van der Waals surface area (Å²) < 4.78 is 19.0. The van der Waals surface area contributed by atoms with E-state index in [1.54, 1.807) is 0 Å². The summed E-state index contributed by atoms with van der Waals surface area (Å²) in [6.07, 6.45) is 0. The number of benzene rings is 2. The molecule has 0 aromatic heterocycles. The van der Waals surface area contributed by atoms with Crippen LogP contribution in [-0.2, 0) is 12.5 Å². The zero-order valence-corrected chi connectivity index (χ0v) is 12.9. The quantitative estimate of drug-likeness (QED) is 0.685. The van der Waals surface area contributed by atoms with Crippen LogP contribution < -0.4 is 4.74 Å². The first kappa shape index (κ1) is 15.1. The first-order valence-electron chi connectivity index (χ1n) is 6.24. The molecule has 20 heavy (non-hydrogen) atoms. The average Bonchev–Trinajstić information content (AvgIpc) is 2.41. The Hall–Kier alpha value is -1.25. The van der Waals surface area contributed by atoms with Crippen LogP contribution in [0.1, 0.15) is 22.3 Å². The maximum Gasteiger partial charge on any atom is 0.125 e. The number of aryl methyl sites for hydroxylation is 2. The number of rotatable bonds is 4. The Morgan fingerprint density at radius 2 is 1.75 bits per heavy atom. The second kappa shape index (κ2) is 6.47. The highest BCUT2D eigenvalue weighted by Gasteiger charge is 2.08. The van der Waals surface area contributed by atoms with Crippen molar-refractivity contribution in [1.29, 1.82) is 0 Å². The van der Waals surface area contributed by atoms with E-state index in [-0.39, 0.29) is 12.4 Å². The maximum atomic E-state index is 13.2. The standard InChI is InChI=1S/C16H15Cl2FO/c1-10-5-12(8-17)6-11(2)16(10)20-9-13-7-14(19)3-4-15(13)18/h3-7H,8-9H2,1-2H3. The van der Waals surface area contributed by atoms with Gasteiger partial charge in [0, 0.05) is 16.5 Å². The monoisotopic (exact) mass is 312 g/mol. The molecule has 0 atom stereocenters. The summed E-state index contributed by atoms with van der Waals surface area (Å²) in [5.41, 5.74) is 3.70. The van der Waals surface area contributed by atoms with Crippen molar-refractivity contribution < 1.29 is 9.13 Å². The molecule has 4 heteroatoms. The molecule has 0 unspecified atom stereocenters. The van der Waals surface area contributed by atoms with Gasteiger partial charge < -0.3 is 4.74 Å². The number of ether oxygens (including phenoxy) is 1. The molecule has 0 fully saturated rings. The minimum atomic E-state index is -0.320. The Balaban J connectivity index is 2.21. The van der Waals surface area contributed by atoms with Crippen LogP contribution in [0, 0.1) is 19.7 Å². The average molecular weight is 313 g/mol. The molecule has 0 N–H and O–H groups in total. The van der Waals surface area contributed by atoms with Crippen LogP contribution in [0.5, 0.6) is 5.75 Å². The molecule has 0 aliphatic carbocycles. The summed E-state index contributed by atoms with van der Waals surface area (Å²) in [4.78, 5) is 0. The highest BCUT2D eigenvalue weighted by molar-refractivity contribution is 6.31. The highest BCUT2D eigenvalue weighted by atomic mass is 35.5. The number of halogens is 3. The third-order valence-corrected chi connectivity index (χ3v) is 3.73. The van der Waals surface area contributed by atoms with E-state index < -0.39 is 0 Å². The SMILES string of the molecule is Cc1cc(CCl)cc(C)c1OCc1cc(F)ccc1Cl. The van der Waals surface area contributed by atoms with Gasteiger partial charge in [0.15, 0.2) is 0 Å². The van der Waals surface area contributed by atoms with Crippen molar-refractivity contribution >= 4 is 23.2 Å². The van der Waals surface area contributed by atoms with E-state index in [0.717, 1.165) is 22.4 Å². The van der Waals surface area contributed by atoms with Gasteiger partial charge in [-0.1, -0.05) is 23.7 Å². The van der Waals surface area contributed by atoms with E-state index in [1.807, 2.05) is 26.0 Å². The van der Waals surface area contributed by atoms with Gasteiger partial charge in [-0.25, -0.2) is 4.39 Å². The van der Waals surface area contributed by atoms with Gasteiger partial charge in [0.2, 0.25) is 0 Å². The van der Waals surface area contributed by atoms with E-state index >= 15 is 0 Å². The third kappa shape index (κ3) is 3.44. The fraction of sp³-hybridized carbons (Fsp3) is 0.250. The molecular formula is C16H15Cl2FO. The Bertz CT molecular complexity index is 603. The summed E-state index contributed by atoms with van der Waals surface area (Å²) in [6, 6.07) is 8.23. The van der Waals surface area contributed by atoms with Crippen molar-refractivity contribution in [3.63, 3.8) is 0 Å². The third-order valence-electron chi connectivity index (χ3n) is 3.05. The van der Waals surface area contributed by atoms with E-state index in [4.69, 9.17) is 27.9 Å². The molecule has 0 aliphatic heterocycles. The number of hydrogen-bond acceptors (Lipinski definition) is 1. The lowest BCUT2D eigenvalue weighted by atomic mass is 10.1. The Morgan fingerprint density at radius 3 is 2.35 bits per heavy atom. The Kier molecular flexibility index (Phi) is 4.90. The van der Waals surface area contributed by atoms with Crippen molar-refractivity contribution in [2.24, 2.45) is 0 Å². The number of alkyl halides is 1. The molecule has 2 aromatic carbocycles. The van der Waals surface area contributed by atoms with Crippen molar-refractivity contribution in [1.82, 2.24) is 0 Å². The predicted molar refractivity (Wildman–Crippen MR) is 81.2 cm³/mol. The summed E-state index contributed by atoms with van der Waals surface area (Å²) in [5.74, 6) is 0.940. The normalized spacial score (nSPS) is 10.7. The van der Waals surface area contributed by atoms with Crippen LogP contribution in [-0.4, -0.2) is 0 Å². The van der Waals surface area contributed by atoms with Gasteiger partial charge >= 0.3 is 0 Å². The molecule has 106 valence electrons. The van der Waals surface area contributed by atoms with Crippen molar-refractivity contribution in [3.8, 4) is 5.75 Å². The molecular weight excluding hydrogens is 298 g/mol. The lowest BCUT2D eigenvalue weighted by Crippen LogP contribution is -2.01. The summed E-state index contributed by atoms with van der Waals surface area (Å²) in [6.45, 7) is 4.16. The first-order valence-corrected chi connectivity index (χ1v) is 7.15. The molecule has 0 aliphatic rings. The van der Waals surface area contributed by atoms with Crippen LogP contribution >= 0.6 is 23.2 Å². The van der Waals surface area contributed by atoms with Crippen molar-refractivity contribution in [3.05, 3.63) is 63.4 Å². The molecule has 0 saturated heterocycles. The van der Waals surface area contributed by atoms with E-state index in [0.29, 0.717) is 16.5 Å². The van der Waals surface area contributed by atoms with Gasteiger partial charge in [-0.3, -0.25) is 0 Å². The van der Waals surface area contributed by atoms with Gasteiger partial charge in [0.1, 0.15) is 18.2 Å². The van der Waals surface area contributed by atoms with E-state index in [9.17, 15) is 4.39 Å². The summed E-state index contributed by atoms with van der Waals surface area (Å²) >= 11 is 11.9.